The quantitative estimate of drug-likeness (QED) is 0.356. The average molecular weight is 403 g/mol. The fourth-order valence-electron chi connectivity index (χ4n) is 2.67. The Morgan fingerprint density at radius 2 is 1.13 bits per heavy atom. The largest absolute Gasteiger partial charge is 0.368 e. The second kappa shape index (κ2) is 11.1. The lowest BCUT2D eigenvalue weighted by Gasteiger charge is -2.08. The SMILES string of the molecule is CC(C)c1ccc(/C=C/C(/C=C/c2ccc(C(C)C)cc2)=NN=C(N)N(C)C)cc1. The lowest BCUT2D eigenvalue weighted by molar-refractivity contribution is 0.611. The van der Waals surface area contributed by atoms with Gasteiger partial charge in [-0.1, -0.05) is 88.4 Å². The van der Waals surface area contributed by atoms with E-state index in [2.05, 4.69) is 86.4 Å². The Kier molecular flexibility index (Phi) is 8.60. The minimum absolute atomic E-state index is 0.358. The van der Waals surface area contributed by atoms with Crippen molar-refractivity contribution in [2.24, 2.45) is 15.9 Å². The molecule has 0 saturated carbocycles. The summed E-state index contributed by atoms with van der Waals surface area (Å²) in [6, 6.07) is 17.1. The number of nitrogens with two attached hydrogens (primary N) is 1. The van der Waals surface area contributed by atoms with E-state index >= 15 is 0 Å². The summed E-state index contributed by atoms with van der Waals surface area (Å²) in [5, 5.41) is 8.46. The molecule has 0 unspecified atom stereocenters. The van der Waals surface area contributed by atoms with E-state index in [-0.39, 0.29) is 0 Å². The van der Waals surface area contributed by atoms with Crippen molar-refractivity contribution in [3.63, 3.8) is 0 Å². The summed E-state index contributed by atoms with van der Waals surface area (Å²) in [4.78, 5) is 1.73. The van der Waals surface area contributed by atoms with Crippen molar-refractivity contribution >= 4 is 23.8 Å². The van der Waals surface area contributed by atoms with E-state index in [4.69, 9.17) is 5.73 Å². The summed E-state index contributed by atoms with van der Waals surface area (Å²) >= 11 is 0. The van der Waals surface area contributed by atoms with E-state index in [9.17, 15) is 0 Å². The molecule has 0 aliphatic carbocycles. The van der Waals surface area contributed by atoms with Gasteiger partial charge in [0, 0.05) is 14.1 Å². The molecule has 0 aliphatic heterocycles. The molecular weight excluding hydrogens is 368 g/mol. The highest BCUT2D eigenvalue weighted by atomic mass is 15.3. The molecule has 0 aliphatic rings. The zero-order valence-electron chi connectivity index (χ0n) is 19.0. The van der Waals surface area contributed by atoms with Crippen molar-refractivity contribution < 1.29 is 0 Å². The van der Waals surface area contributed by atoms with Gasteiger partial charge in [0.25, 0.3) is 0 Å². The Bertz CT molecular complexity index is 849. The van der Waals surface area contributed by atoms with Crippen LogP contribution in [0.4, 0.5) is 0 Å². The maximum Gasteiger partial charge on any atom is 0.215 e. The second-order valence-electron chi connectivity index (χ2n) is 8.19. The molecule has 0 saturated heterocycles. The van der Waals surface area contributed by atoms with Crippen LogP contribution in [0, 0.1) is 0 Å². The van der Waals surface area contributed by atoms with Crippen LogP contribution in [0.3, 0.4) is 0 Å². The van der Waals surface area contributed by atoms with Gasteiger partial charge < -0.3 is 10.6 Å². The molecule has 158 valence electrons. The van der Waals surface area contributed by atoms with E-state index in [1.165, 1.54) is 11.1 Å². The van der Waals surface area contributed by atoms with E-state index in [1.807, 2.05) is 38.4 Å². The lowest BCUT2D eigenvalue weighted by atomic mass is 10.0. The van der Waals surface area contributed by atoms with E-state index in [0.717, 1.165) is 16.8 Å². The van der Waals surface area contributed by atoms with Crippen LogP contribution in [0.2, 0.25) is 0 Å². The van der Waals surface area contributed by atoms with Crippen LogP contribution in [0.25, 0.3) is 12.2 Å². The van der Waals surface area contributed by atoms with Crippen molar-refractivity contribution in [2.45, 2.75) is 39.5 Å². The van der Waals surface area contributed by atoms with E-state index in [1.54, 1.807) is 4.90 Å². The van der Waals surface area contributed by atoms with Gasteiger partial charge in [0.2, 0.25) is 5.96 Å². The van der Waals surface area contributed by atoms with Crippen molar-refractivity contribution in [3.8, 4) is 0 Å². The number of hydrogen-bond donors (Lipinski definition) is 1. The van der Waals surface area contributed by atoms with Crippen molar-refractivity contribution in [1.29, 1.82) is 0 Å². The molecular formula is C26H34N4. The fourth-order valence-corrected chi connectivity index (χ4v) is 2.67. The summed E-state index contributed by atoms with van der Waals surface area (Å²) in [5.41, 5.74) is 11.5. The zero-order valence-corrected chi connectivity index (χ0v) is 19.0. The topological polar surface area (TPSA) is 54.0 Å². The zero-order chi connectivity index (χ0) is 22.1. The highest BCUT2D eigenvalue weighted by Gasteiger charge is 1.99. The van der Waals surface area contributed by atoms with Gasteiger partial charge in [-0.3, -0.25) is 0 Å². The summed E-state index contributed by atoms with van der Waals surface area (Å²) in [6.07, 6.45) is 7.98. The number of guanidine groups is 1. The van der Waals surface area contributed by atoms with Crippen molar-refractivity contribution in [3.05, 3.63) is 82.9 Å². The van der Waals surface area contributed by atoms with Gasteiger partial charge >= 0.3 is 0 Å². The Morgan fingerprint density at radius 3 is 1.47 bits per heavy atom. The van der Waals surface area contributed by atoms with Gasteiger partial charge in [-0.05, 0) is 46.2 Å². The highest BCUT2D eigenvalue weighted by Crippen LogP contribution is 2.16. The number of hydrogen-bond acceptors (Lipinski definition) is 2. The predicted octanol–water partition coefficient (Wildman–Crippen LogP) is 5.89. The van der Waals surface area contributed by atoms with Crippen LogP contribution in [-0.4, -0.2) is 30.7 Å². The molecule has 0 amide bonds. The van der Waals surface area contributed by atoms with Gasteiger partial charge in [-0.15, -0.1) is 10.2 Å². The van der Waals surface area contributed by atoms with Gasteiger partial charge in [0.15, 0.2) is 0 Å². The fraction of sp³-hybridized carbons (Fsp3) is 0.308. The molecule has 30 heavy (non-hydrogen) atoms. The van der Waals surface area contributed by atoms with Gasteiger partial charge in [0.05, 0.1) is 5.71 Å². The lowest BCUT2D eigenvalue weighted by Crippen LogP contribution is -2.29. The third-order valence-corrected chi connectivity index (χ3v) is 4.83. The predicted molar refractivity (Wildman–Crippen MR) is 132 cm³/mol. The van der Waals surface area contributed by atoms with E-state index in [0.29, 0.717) is 17.8 Å². The molecule has 0 spiro atoms. The maximum absolute atomic E-state index is 5.89. The molecule has 2 N–H and O–H groups in total. The molecule has 0 bridgehead atoms. The molecule has 0 aromatic heterocycles. The second-order valence-corrected chi connectivity index (χ2v) is 8.19. The third-order valence-electron chi connectivity index (χ3n) is 4.83. The first-order chi connectivity index (χ1) is 14.3. The van der Waals surface area contributed by atoms with Crippen LogP contribution < -0.4 is 5.73 Å². The monoisotopic (exact) mass is 402 g/mol. The van der Waals surface area contributed by atoms with Crippen LogP contribution >= 0.6 is 0 Å². The summed E-state index contributed by atoms with van der Waals surface area (Å²) in [5.74, 6) is 1.40. The van der Waals surface area contributed by atoms with Crippen molar-refractivity contribution in [2.75, 3.05) is 14.1 Å². The first-order valence-electron chi connectivity index (χ1n) is 10.4. The van der Waals surface area contributed by atoms with Gasteiger partial charge in [-0.2, -0.15) is 0 Å². The smallest absolute Gasteiger partial charge is 0.215 e. The molecule has 2 aromatic rings. The number of allylic oxidation sites excluding steroid dienone is 2. The normalized spacial score (nSPS) is 12.3. The summed E-state index contributed by atoms with van der Waals surface area (Å²) in [6.45, 7) is 8.78. The molecule has 4 heteroatoms. The average Bonchev–Trinajstić information content (AvgIpc) is 2.73. The highest BCUT2D eigenvalue weighted by molar-refractivity contribution is 6.08. The Hall–Kier alpha value is -3.14. The first-order valence-corrected chi connectivity index (χ1v) is 10.4. The molecule has 2 aromatic carbocycles. The molecule has 0 fully saturated rings. The van der Waals surface area contributed by atoms with Crippen LogP contribution in [0.15, 0.2) is 70.9 Å². The molecule has 0 radical (unpaired) electrons. The minimum atomic E-state index is 0.358. The number of benzene rings is 2. The van der Waals surface area contributed by atoms with Crippen LogP contribution in [-0.2, 0) is 0 Å². The summed E-state index contributed by atoms with van der Waals surface area (Å²) < 4.78 is 0. The number of nitrogens with zero attached hydrogens (tertiary/aromatic N) is 3. The molecule has 4 nitrogen and oxygen atoms in total. The molecule has 0 heterocycles. The Balaban J connectivity index is 2.25. The summed E-state index contributed by atoms with van der Waals surface area (Å²) in [7, 11) is 3.68. The standard InChI is InChI=1S/C26H34N4/c1-19(2)23-13-7-21(8-14-23)11-17-25(28-29-26(27)30(5)6)18-12-22-9-15-24(16-10-22)20(3)4/h7-20H,1-6H3,(H2,27,29)/b17-11+,18-12+. The Morgan fingerprint density at radius 1 is 0.733 bits per heavy atom. The maximum atomic E-state index is 5.89. The third kappa shape index (κ3) is 7.36. The molecule has 2 rings (SSSR count). The van der Waals surface area contributed by atoms with Gasteiger partial charge in [0.1, 0.15) is 0 Å². The first kappa shape index (κ1) is 23.1. The van der Waals surface area contributed by atoms with Gasteiger partial charge in [-0.25, -0.2) is 0 Å². The minimum Gasteiger partial charge on any atom is -0.368 e. The van der Waals surface area contributed by atoms with Crippen molar-refractivity contribution in [1.82, 2.24) is 4.90 Å². The van der Waals surface area contributed by atoms with Crippen LogP contribution in [0.5, 0.6) is 0 Å². The molecule has 0 atom stereocenters. The van der Waals surface area contributed by atoms with Crippen LogP contribution in [0.1, 0.15) is 61.8 Å². The van der Waals surface area contributed by atoms with E-state index < -0.39 is 0 Å². The number of rotatable bonds is 7. The Labute approximate surface area is 181 Å².